The molecule has 0 N–H and O–H groups in total. The smallest absolute Gasteiger partial charge is 0.345 e. The highest BCUT2D eigenvalue weighted by atomic mass is 16.6. The molecule has 1 unspecified atom stereocenters. The second kappa shape index (κ2) is 10.2. The van der Waals surface area contributed by atoms with Gasteiger partial charge >= 0.3 is 5.97 Å². The Bertz CT molecular complexity index is 716. The van der Waals surface area contributed by atoms with Crippen molar-refractivity contribution >= 4 is 5.97 Å². The third kappa shape index (κ3) is 5.57. The van der Waals surface area contributed by atoms with Crippen LogP contribution in [0.3, 0.4) is 0 Å². The summed E-state index contributed by atoms with van der Waals surface area (Å²) in [7, 11) is 0. The van der Waals surface area contributed by atoms with Gasteiger partial charge in [-0.15, -0.1) is 0 Å². The van der Waals surface area contributed by atoms with E-state index in [1.807, 2.05) is 60.7 Å². The van der Waals surface area contributed by atoms with Crippen LogP contribution in [0.4, 0.5) is 0 Å². The quantitative estimate of drug-likeness (QED) is 0.619. The van der Waals surface area contributed by atoms with Gasteiger partial charge in [0.05, 0.1) is 13.2 Å². The first-order chi connectivity index (χ1) is 13.7. The highest BCUT2D eigenvalue weighted by molar-refractivity contribution is 5.72. The van der Waals surface area contributed by atoms with Gasteiger partial charge in [0.2, 0.25) is 0 Å². The molecule has 0 aromatic heterocycles. The van der Waals surface area contributed by atoms with Crippen molar-refractivity contribution in [2.24, 2.45) is 0 Å². The second-order valence-corrected chi connectivity index (χ2v) is 6.99. The van der Waals surface area contributed by atoms with Gasteiger partial charge in [0.25, 0.3) is 0 Å². The fourth-order valence-electron chi connectivity index (χ4n) is 3.52. The highest BCUT2D eigenvalue weighted by Gasteiger charge is 2.35. The van der Waals surface area contributed by atoms with Gasteiger partial charge in [0.1, 0.15) is 11.4 Å². The molecule has 1 fully saturated rings. The van der Waals surface area contributed by atoms with E-state index in [-0.39, 0.29) is 12.6 Å². The number of ether oxygens (including phenoxy) is 3. The fraction of sp³-hybridized carbons (Fsp3) is 0.435. The maximum atomic E-state index is 12.6. The average Bonchev–Trinajstić information content (AvgIpc) is 2.77. The van der Waals surface area contributed by atoms with Gasteiger partial charge in [-0.05, 0) is 24.1 Å². The molecule has 1 aliphatic rings. The van der Waals surface area contributed by atoms with Gasteiger partial charge < -0.3 is 14.2 Å². The van der Waals surface area contributed by atoms with Gasteiger partial charge in [-0.1, -0.05) is 55.5 Å². The molecule has 5 heteroatoms. The summed E-state index contributed by atoms with van der Waals surface area (Å²) in [6.45, 7) is 6.18. The van der Waals surface area contributed by atoms with Crippen molar-refractivity contribution in [3.63, 3.8) is 0 Å². The molecule has 2 aromatic carbocycles. The SMILES string of the molecule is CCC(CCN1CCOCC1)(OC(=O)COc1ccccc1)c1ccccc1. The number of nitrogens with zero attached hydrogens (tertiary/aromatic N) is 1. The summed E-state index contributed by atoms with van der Waals surface area (Å²) in [5.41, 5.74) is 0.371. The monoisotopic (exact) mass is 383 g/mol. The van der Waals surface area contributed by atoms with Crippen LogP contribution in [0.25, 0.3) is 0 Å². The molecular weight excluding hydrogens is 354 g/mol. The summed E-state index contributed by atoms with van der Waals surface area (Å²) in [5, 5.41) is 0. The third-order valence-electron chi connectivity index (χ3n) is 5.22. The summed E-state index contributed by atoms with van der Waals surface area (Å²) in [6, 6.07) is 19.4. The van der Waals surface area contributed by atoms with Crippen LogP contribution in [0.1, 0.15) is 25.3 Å². The number of para-hydroxylation sites is 1. The van der Waals surface area contributed by atoms with Crippen LogP contribution in [-0.4, -0.2) is 50.3 Å². The van der Waals surface area contributed by atoms with E-state index < -0.39 is 5.60 Å². The number of esters is 1. The van der Waals surface area contributed by atoms with Crippen molar-refractivity contribution in [3.05, 3.63) is 66.2 Å². The van der Waals surface area contributed by atoms with E-state index >= 15 is 0 Å². The molecule has 0 bridgehead atoms. The molecule has 0 aliphatic carbocycles. The van der Waals surface area contributed by atoms with Crippen molar-refractivity contribution in [2.75, 3.05) is 39.5 Å². The van der Waals surface area contributed by atoms with Gasteiger partial charge in [-0.25, -0.2) is 4.79 Å². The van der Waals surface area contributed by atoms with Gasteiger partial charge in [0, 0.05) is 26.1 Å². The summed E-state index contributed by atoms with van der Waals surface area (Å²) in [5.74, 6) is 0.311. The lowest BCUT2D eigenvalue weighted by atomic mass is 9.87. The first kappa shape index (κ1) is 20.4. The molecule has 150 valence electrons. The summed E-state index contributed by atoms with van der Waals surface area (Å²) in [4.78, 5) is 15.0. The van der Waals surface area contributed by atoms with E-state index in [2.05, 4.69) is 11.8 Å². The molecule has 1 aliphatic heterocycles. The molecule has 0 spiro atoms. The molecule has 3 rings (SSSR count). The Kier molecular flexibility index (Phi) is 7.46. The van der Waals surface area contributed by atoms with Gasteiger partial charge in [0.15, 0.2) is 6.61 Å². The molecular formula is C23H29NO4. The average molecular weight is 383 g/mol. The number of carbonyl (C=O) groups is 1. The Balaban J connectivity index is 1.68. The van der Waals surface area contributed by atoms with E-state index in [1.165, 1.54) is 0 Å². The first-order valence-corrected chi connectivity index (χ1v) is 9.97. The predicted molar refractivity (Wildman–Crippen MR) is 108 cm³/mol. The van der Waals surface area contributed by atoms with Crippen LogP contribution in [0.2, 0.25) is 0 Å². The van der Waals surface area contributed by atoms with E-state index in [9.17, 15) is 4.79 Å². The summed E-state index contributed by atoms with van der Waals surface area (Å²) >= 11 is 0. The Morgan fingerprint density at radius 3 is 2.32 bits per heavy atom. The van der Waals surface area contributed by atoms with Crippen LogP contribution in [0, 0.1) is 0 Å². The predicted octanol–water partition coefficient (Wildman–Crippen LogP) is 3.64. The minimum absolute atomic E-state index is 0.101. The fourth-order valence-corrected chi connectivity index (χ4v) is 3.52. The minimum atomic E-state index is -0.656. The zero-order chi connectivity index (χ0) is 19.7. The van der Waals surface area contributed by atoms with Crippen molar-refractivity contribution in [1.82, 2.24) is 4.90 Å². The normalized spacial score (nSPS) is 16.9. The van der Waals surface area contributed by atoms with Crippen molar-refractivity contribution < 1.29 is 19.0 Å². The van der Waals surface area contributed by atoms with Crippen molar-refractivity contribution in [1.29, 1.82) is 0 Å². The topological polar surface area (TPSA) is 48.0 Å². The van der Waals surface area contributed by atoms with E-state index in [0.717, 1.165) is 44.8 Å². The summed E-state index contributed by atoms with van der Waals surface area (Å²) < 4.78 is 17.1. The molecule has 5 nitrogen and oxygen atoms in total. The number of morpholine rings is 1. The van der Waals surface area contributed by atoms with Gasteiger partial charge in [-0.2, -0.15) is 0 Å². The third-order valence-corrected chi connectivity index (χ3v) is 5.22. The minimum Gasteiger partial charge on any atom is -0.482 e. The number of carbonyl (C=O) groups excluding carboxylic acids is 1. The Hall–Kier alpha value is -2.37. The molecule has 0 amide bonds. The lowest BCUT2D eigenvalue weighted by Crippen LogP contribution is -2.41. The molecule has 1 atom stereocenters. The van der Waals surface area contributed by atoms with Crippen LogP contribution >= 0.6 is 0 Å². The number of rotatable bonds is 9. The zero-order valence-electron chi connectivity index (χ0n) is 16.5. The highest BCUT2D eigenvalue weighted by Crippen LogP contribution is 2.34. The van der Waals surface area contributed by atoms with Crippen LogP contribution in [0.15, 0.2) is 60.7 Å². The Labute approximate surface area is 167 Å². The Morgan fingerprint density at radius 1 is 1.04 bits per heavy atom. The van der Waals surface area contributed by atoms with Crippen LogP contribution < -0.4 is 4.74 Å². The number of benzene rings is 2. The van der Waals surface area contributed by atoms with Crippen molar-refractivity contribution in [3.8, 4) is 5.75 Å². The maximum absolute atomic E-state index is 12.6. The first-order valence-electron chi connectivity index (χ1n) is 9.97. The molecule has 28 heavy (non-hydrogen) atoms. The standard InChI is InChI=1S/C23H29NO4/c1-2-23(20-9-5-3-6-10-20,13-14-24-15-17-26-18-16-24)28-22(25)19-27-21-11-7-4-8-12-21/h3-12H,2,13-19H2,1H3. The van der Waals surface area contributed by atoms with E-state index in [4.69, 9.17) is 14.2 Å². The number of hydrogen-bond acceptors (Lipinski definition) is 5. The molecule has 2 aromatic rings. The largest absolute Gasteiger partial charge is 0.482 e. The second-order valence-electron chi connectivity index (χ2n) is 6.99. The van der Waals surface area contributed by atoms with Gasteiger partial charge in [-0.3, -0.25) is 4.90 Å². The van der Waals surface area contributed by atoms with E-state index in [1.54, 1.807) is 0 Å². The lowest BCUT2D eigenvalue weighted by Gasteiger charge is -2.36. The summed E-state index contributed by atoms with van der Waals surface area (Å²) in [6.07, 6.45) is 1.45. The number of hydrogen-bond donors (Lipinski definition) is 0. The molecule has 0 radical (unpaired) electrons. The Morgan fingerprint density at radius 2 is 1.68 bits per heavy atom. The molecule has 1 heterocycles. The molecule has 1 saturated heterocycles. The maximum Gasteiger partial charge on any atom is 0.345 e. The van der Waals surface area contributed by atoms with Crippen LogP contribution in [-0.2, 0) is 19.9 Å². The van der Waals surface area contributed by atoms with Crippen LogP contribution in [0.5, 0.6) is 5.75 Å². The van der Waals surface area contributed by atoms with Crippen molar-refractivity contribution in [2.45, 2.75) is 25.4 Å². The van der Waals surface area contributed by atoms with E-state index in [0.29, 0.717) is 12.2 Å². The molecule has 0 saturated carbocycles. The lowest BCUT2D eigenvalue weighted by molar-refractivity contribution is -0.165. The zero-order valence-corrected chi connectivity index (χ0v) is 16.5.